The Bertz CT molecular complexity index is 1530. The summed E-state index contributed by atoms with van der Waals surface area (Å²) >= 11 is 0. The van der Waals surface area contributed by atoms with E-state index in [4.69, 9.17) is 0 Å². The molecule has 2 aliphatic carbocycles. The molecule has 7 rings (SSSR count). The summed E-state index contributed by atoms with van der Waals surface area (Å²) in [7, 11) is 0. The van der Waals surface area contributed by atoms with Gasteiger partial charge in [0, 0.05) is 24.2 Å². The third kappa shape index (κ3) is 3.97. The van der Waals surface area contributed by atoms with Gasteiger partial charge in [-0.15, -0.1) is 0 Å². The van der Waals surface area contributed by atoms with Crippen molar-refractivity contribution in [3.05, 3.63) is 67.5 Å². The second-order valence-corrected chi connectivity index (χ2v) is 12.0. The van der Waals surface area contributed by atoms with E-state index in [9.17, 15) is 18.8 Å². The molecule has 0 spiro atoms. The van der Waals surface area contributed by atoms with Crippen LogP contribution in [-0.4, -0.2) is 42.1 Å². The Balaban J connectivity index is 1.29. The number of benzene rings is 1. The van der Waals surface area contributed by atoms with E-state index in [-0.39, 0.29) is 11.9 Å². The molecule has 1 N–H and O–H groups in total. The number of piperidine rings is 2. The lowest BCUT2D eigenvalue weighted by molar-refractivity contribution is -0.0485. The van der Waals surface area contributed by atoms with Crippen LogP contribution < -0.4 is 16.8 Å². The van der Waals surface area contributed by atoms with Crippen molar-refractivity contribution < 1.29 is 4.39 Å². The van der Waals surface area contributed by atoms with Crippen LogP contribution in [-0.2, 0) is 0 Å². The molecule has 4 aliphatic rings. The largest absolute Gasteiger partial charge is 0.334 e. The second-order valence-electron chi connectivity index (χ2n) is 12.0. The van der Waals surface area contributed by atoms with Gasteiger partial charge in [-0.1, -0.05) is 37.8 Å². The maximum Gasteiger partial charge on any atom is 0.334 e. The Labute approximate surface area is 219 Å². The molecule has 2 saturated carbocycles. The lowest BCUT2D eigenvalue weighted by Crippen LogP contribution is -2.58. The number of fused-ring (bicyclic) bond motifs is 5. The van der Waals surface area contributed by atoms with Crippen molar-refractivity contribution in [1.29, 1.82) is 0 Å². The molecule has 2 saturated heterocycles. The fourth-order valence-electron chi connectivity index (χ4n) is 8.40. The zero-order valence-corrected chi connectivity index (χ0v) is 21.5. The number of nitrogens with zero attached hydrogens (tertiary/aromatic N) is 4. The number of halogens is 1. The molecule has 9 heteroatoms. The van der Waals surface area contributed by atoms with Crippen LogP contribution in [0.1, 0.15) is 76.7 Å². The Morgan fingerprint density at radius 1 is 0.816 bits per heavy atom. The third-order valence-electron chi connectivity index (χ3n) is 9.80. The molecule has 2 aliphatic heterocycles. The average molecular weight is 520 g/mol. The lowest BCUT2D eigenvalue weighted by Gasteiger charge is -2.55. The smallest absolute Gasteiger partial charge is 0.300 e. The topological polar surface area (TPSA) is 93.0 Å². The molecule has 4 bridgehead atoms. The average Bonchev–Trinajstić information content (AvgIpc) is 2.89. The molecule has 2 aromatic heterocycles. The van der Waals surface area contributed by atoms with Crippen LogP contribution in [0.3, 0.4) is 0 Å². The van der Waals surface area contributed by atoms with E-state index in [1.165, 1.54) is 44.9 Å². The summed E-state index contributed by atoms with van der Waals surface area (Å²) in [5.41, 5.74) is -1.13. The van der Waals surface area contributed by atoms with Gasteiger partial charge in [0.05, 0.1) is 17.2 Å². The third-order valence-corrected chi connectivity index (χ3v) is 9.80. The molecule has 38 heavy (non-hydrogen) atoms. The molecule has 4 heterocycles. The SMILES string of the molecule is O=c1[nH]c(=O)n(-c2nc3ccccc3n([C@H]3C[C@H]4CCC[C@@H](C3)N4[C@H]3C[C@@H]4CCC[C@@H](C4)C3)c2=O)cc1F. The van der Waals surface area contributed by atoms with Crippen molar-refractivity contribution in [1.82, 2.24) is 24.0 Å². The zero-order chi connectivity index (χ0) is 26.0. The molecular weight excluding hydrogens is 485 g/mol. The molecular formula is C29H34FN5O3. The molecule has 8 nitrogen and oxygen atoms in total. The summed E-state index contributed by atoms with van der Waals surface area (Å²) in [5, 5.41) is 0. The Morgan fingerprint density at radius 2 is 1.50 bits per heavy atom. The maximum absolute atomic E-state index is 14.2. The Hall–Kier alpha value is -3.07. The van der Waals surface area contributed by atoms with E-state index in [0.29, 0.717) is 23.6 Å². The first kappa shape index (κ1) is 24.0. The van der Waals surface area contributed by atoms with Gasteiger partial charge in [0.2, 0.25) is 11.6 Å². The van der Waals surface area contributed by atoms with Gasteiger partial charge in [-0.05, 0) is 68.9 Å². The zero-order valence-electron chi connectivity index (χ0n) is 21.5. The van der Waals surface area contributed by atoms with Crippen LogP contribution in [0.5, 0.6) is 0 Å². The molecule has 3 aromatic rings. The van der Waals surface area contributed by atoms with E-state index in [1.54, 1.807) is 10.6 Å². The van der Waals surface area contributed by atoms with Crippen molar-refractivity contribution in [2.75, 3.05) is 0 Å². The Morgan fingerprint density at radius 3 is 2.24 bits per heavy atom. The summed E-state index contributed by atoms with van der Waals surface area (Å²) in [5.74, 6) is 0.426. The summed E-state index contributed by atoms with van der Waals surface area (Å²) in [4.78, 5) is 47.4. The standard InChI is InChI=1S/C29H34FN5O3/c30-23-16-33(29(38)32-27(23)36)26-28(37)35(25-10-2-1-9-24(25)31-26)22-14-19-7-4-8-20(15-22)34(19)21-12-17-5-3-6-18(11-17)13-21/h1-2,9-10,16-22H,3-8,11-15H2,(H,32,36,38)/t17-,18+,19-,20+,21+,22+. The summed E-state index contributed by atoms with van der Waals surface area (Å²) in [6.07, 6.45) is 14.2. The van der Waals surface area contributed by atoms with Crippen LogP contribution >= 0.6 is 0 Å². The first-order valence-electron chi connectivity index (χ1n) is 14.3. The minimum Gasteiger partial charge on any atom is -0.300 e. The molecule has 4 fully saturated rings. The number of nitrogens with one attached hydrogen (secondary N) is 1. The van der Waals surface area contributed by atoms with Gasteiger partial charge in [-0.3, -0.25) is 19.5 Å². The van der Waals surface area contributed by atoms with E-state index in [0.717, 1.165) is 53.8 Å². The minimum absolute atomic E-state index is 0.0351. The quantitative estimate of drug-likeness (QED) is 0.567. The van der Waals surface area contributed by atoms with Crippen molar-refractivity contribution in [3.8, 4) is 5.82 Å². The first-order valence-corrected chi connectivity index (χ1v) is 14.3. The normalized spacial score (nSPS) is 31.4. The van der Waals surface area contributed by atoms with Gasteiger partial charge in [0.25, 0.3) is 11.1 Å². The fourth-order valence-corrected chi connectivity index (χ4v) is 8.40. The number of hydrogen-bond donors (Lipinski definition) is 1. The van der Waals surface area contributed by atoms with Crippen LogP contribution in [0, 0.1) is 17.7 Å². The molecule has 6 atom stereocenters. The van der Waals surface area contributed by atoms with Crippen LogP contribution in [0.2, 0.25) is 0 Å². The van der Waals surface area contributed by atoms with Crippen LogP contribution in [0.15, 0.2) is 44.8 Å². The van der Waals surface area contributed by atoms with E-state index in [1.807, 2.05) is 23.2 Å². The van der Waals surface area contributed by atoms with Crippen molar-refractivity contribution in [3.63, 3.8) is 0 Å². The Kier molecular flexibility index (Phi) is 5.87. The van der Waals surface area contributed by atoms with Gasteiger partial charge >= 0.3 is 5.69 Å². The number of H-pyrrole nitrogens is 1. The predicted octanol–water partition coefficient (Wildman–Crippen LogP) is 3.90. The van der Waals surface area contributed by atoms with E-state index in [2.05, 4.69) is 9.88 Å². The van der Waals surface area contributed by atoms with Crippen molar-refractivity contribution >= 4 is 11.0 Å². The molecule has 0 amide bonds. The highest BCUT2D eigenvalue weighted by molar-refractivity contribution is 5.75. The monoisotopic (exact) mass is 519 g/mol. The van der Waals surface area contributed by atoms with E-state index < -0.39 is 22.6 Å². The number of aromatic amines is 1. The van der Waals surface area contributed by atoms with Crippen LogP contribution in [0.25, 0.3) is 16.9 Å². The number of hydrogen-bond acceptors (Lipinski definition) is 5. The van der Waals surface area contributed by atoms with Crippen LogP contribution in [0.4, 0.5) is 4.39 Å². The highest BCUT2D eigenvalue weighted by atomic mass is 19.1. The summed E-state index contributed by atoms with van der Waals surface area (Å²) in [6, 6.07) is 8.92. The second kappa shape index (κ2) is 9.29. The van der Waals surface area contributed by atoms with Crippen molar-refractivity contribution in [2.45, 2.75) is 94.8 Å². The molecule has 0 unspecified atom stereocenters. The molecule has 200 valence electrons. The minimum atomic E-state index is -1.13. The van der Waals surface area contributed by atoms with E-state index >= 15 is 0 Å². The fraction of sp³-hybridized carbons (Fsp3) is 0.586. The number of para-hydroxylation sites is 2. The predicted molar refractivity (Wildman–Crippen MR) is 142 cm³/mol. The van der Waals surface area contributed by atoms with Crippen molar-refractivity contribution in [2.24, 2.45) is 11.8 Å². The molecule has 1 aromatic carbocycles. The van der Waals surface area contributed by atoms with Gasteiger partial charge < -0.3 is 4.57 Å². The van der Waals surface area contributed by atoms with Gasteiger partial charge in [-0.25, -0.2) is 14.3 Å². The highest BCUT2D eigenvalue weighted by Gasteiger charge is 2.45. The summed E-state index contributed by atoms with van der Waals surface area (Å²) in [6.45, 7) is 0. The maximum atomic E-state index is 14.2. The number of aromatic nitrogens is 4. The van der Waals surface area contributed by atoms with Gasteiger partial charge in [-0.2, -0.15) is 4.39 Å². The van der Waals surface area contributed by atoms with Gasteiger partial charge in [0.15, 0.2) is 0 Å². The summed E-state index contributed by atoms with van der Waals surface area (Å²) < 4.78 is 16.8. The molecule has 0 radical (unpaired) electrons. The lowest BCUT2D eigenvalue weighted by atomic mass is 9.68. The first-order chi connectivity index (χ1) is 18.5. The number of rotatable bonds is 3. The van der Waals surface area contributed by atoms with Gasteiger partial charge in [0.1, 0.15) is 0 Å². The highest BCUT2D eigenvalue weighted by Crippen LogP contribution is 2.47.